The lowest BCUT2D eigenvalue weighted by Gasteiger charge is -2.34. The van der Waals surface area contributed by atoms with E-state index >= 15 is 0 Å². The van der Waals surface area contributed by atoms with Gasteiger partial charge in [-0.1, -0.05) is 35.3 Å². The van der Waals surface area contributed by atoms with Crippen molar-refractivity contribution in [3.05, 3.63) is 84.4 Å². The molecule has 5 rings (SSSR count). The van der Waals surface area contributed by atoms with Gasteiger partial charge in [-0.05, 0) is 64.0 Å². The normalized spacial score (nSPS) is 22.4. The van der Waals surface area contributed by atoms with Gasteiger partial charge < -0.3 is 4.90 Å². The molecule has 1 aromatic heterocycles. The van der Waals surface area contributed by atoms with E-state index in [-0.39, 0.29) is 11.8 Å². The molecule has 3 aromatic rings. The minimum Gasteiger partial charge on any atom is -0.310 e. The second kappa shape index (κ2) is 9.23. The van der Waals surface area contributed by atoms with Crippen LogP contribution in [0.15, 0.2) is 58.4 Å². The number of carbonyl (C=O) groups is 2. The van der Waals surface area contributed by atoms with Crippen molar-refractivity contribution in [2.45, 2.75) is 18.0 Å². The Labute approximate surface area is 225 Å². The van der Waals surface area contributed by atoms with Gasteiger partial charge in [-0.25, -0.2) is 9.69 Å². The molecule has 2 unspecified atom stereocenters. The number of urea groups is 1. The van der Waals surface area contributed by atoms with Gasteiger partial charge in [0, 0.05) is 47.5 Å². The fraction of sp³-hybridized carbons (Fsp3) is 0.240. The third kappa shape index (κ3) is 4.15. The number of thiophene rings is 1. The highest BCUT2D eigenvalue weighted by Crippen LogP contribution is 2.47. The zero-order valence-corrected chi connectivity index (χ0v) is 22.5. The molecular weight excluding hydrogens is 571 g/mol. The molecule has 3 amide bonds. The van der Waals surface area contributed by atoms with Crippen LogP contribution in [0.1, 0.15) is 21.9 Å². The van der Waals surface area contributed by atoms with Crippen LogP contribution in [0.2, 0.25) is 10.0 Å². The number of nitriles is 1. The van der Waals surface area contributed by atoms with Crippen LogP contribution < -0.4 is 4.90 Å². The largest absolute Gasteiger partial charge is 0.332 e. The Morgan fingerprint density at radius 1 is 1.11 bits per heavy atom. The average Bonchev–Trinajstić information content (AvgIpc) is 3.46. The SMILES string of the molecule is CN1C(=O)N(c2cc(Cl)cc(Cl)c2)C(=O)C12CN(Cc1ccc(Br)s1)CC2c1ccc(C#N)cc1. The van der Waals surface area contributed by atoms with Crippen LogP contribution in [0.5, 0.6) is 0 Å². The Morgan fingerprint density at radius 2 is 1.80 bits per heavy atom. The smallest absolute Gasteiger partial charge is 0.310 e. The van der Waals surface area contributed by atoms with Gasteiger partial charge in [-0.3, -0.25) is 9.69 Å². The van der Waals surface area contributed by atoms with E-state index in [0.29, 0.717) is 40.9 Å². The summed E-state index contributed by atoms with van der Waals surface area (Å²) in [5.74, 6) is -0.604. The molecule has 0 aliphatic carbocycles. The molecule has 6 nitrogen and oxygen atoms in total. The van der Waals surface area contributed by atoms with Gasteiger partial charge in [-0.2, -0.15) is 5.26 Å². The van der Waals surface area contributed by atoms with Crippen molar-refractivity contribution in [1.82, 2.24) is 9.80 Å². The molecule has 0 saturated carbocycles. The van der Waals surface area contributed by atoms with Gasteiger partial charge in [0.05, 0.1) is 21.1 Å². The standard InChI is InChI=1S/C25H19BrCl2N4O2S/c1-30-24(34)32(19-9-17(27)8-18(28)10-19)23(33)25(30)14-31(12-20-6-7-22(26)35-20)13-21(25)16-4-2-15(11-29)3-5-16/h2-10,21H,12-14H2,1H3. The first-order valence-corrected chi connectivity index (χ1v) is 13.1. The number of anilines is 1. The van der Waals surface area contributed by atoms with Crippen LogP contribution in [0.4, 0.5) is 10.5 Å². The van der Waals surface area contributed by atoms with Crippen molar-refractivity contribution in [3.63, 3.8) is 0 Å². The number of carbonyl (C=O) groups excluding carboxylic acids is 2. The van der Waals surface area contributed by atoms with Crippen molar-refractivity contribution >= 4 is 68.1 Å². The number of amides is 3. The molecule has 0 radical (unpaired) electrons. The van der Waals surface area contributed by atoms with Gasteiger partial charge in [0.2, 0.25) is 0 Å². The van der Waals surface area contributed by atoms with Gasteiger partial charge in [-0.15, -0.1) is 11.3 Å². The number of nitrogens with zero attached hydrogens (tertiary/aromatic N) is 4. The summed E-state index contributed by atoms with van der Waals surface area (Å²) in [7, 11) is 1.67. The number of hydrogen-bond donors (Lipinski definition) is 0. The van der Waals surface area contributed by atoms with Gasteiger partial charge in [0.25, 0.3) is 5.91 Å². The lowest BCUT2D eigenvalue weighted by atomic mass is 9.80. The monoisotopic (exact) mass is 588 g/mol. The molecule has 0 bridgehead atoms. The second-order valence-electron chi connectivity index (χ2n) is 8.70. The highest BCUT2D eigenvalue weighted by atomic mass is 79.9. The van der Waals surface area contributed by atoms with Crippen LogP contribution in [0.3, 0.4) is 0 Å². The first kappa shape index (κ1) is 24.3. The number of likely N-dealkylation sites (N-methyl/N-ethyl adjacent to an activating group) is 1. The molecule has 178 valence electrons. The third-order valence-corrected chi connectivity index (χ3v) is 8.73. The first-order valence-electron chi connectivity index (χ1n) is 10.8. The second-order valence-corrected chi connectivity index (χ2v) is 12.1. The van der Waals surface area contributed by atoms with Crippen LogP contribution in [0, 0.1) is 11.3 Å². The van der Waals surface area contributed by atoms with Crippen molar-refractivity contribution < 1.29 is 9.59 Å². The lowest BCUT2D eigenvalue weighted by Crippen LogP contribution is -2.53. The maximum absolute atomic E-state index is 14.2. The summed E-state index contributed by atoms with van der Waals surface area (Å²) in [5, 5.41) is 9.92. The van der Waals surface area contributed by atoms with Crippen LogP contribution >= 0.6 is 50.5 Å². The summed E-state index contributed by atoms with van der Waals surface area (Å²) in [6.07, 6.45) is 0. The molecule has 2 saturated heterocycles. The Morgan fingerprint density at radius 3 is 2.40 bits per heavy atom. The molecule has 35 heavy (non-hydrogen) atoms. The van der Waals surface area contributed by atoms with Gasteiger partial charge in [0.1, 0.15) is 5.54 Å². The Kier molecular flexibility index (Phi) is 6.41. The summed E-state index contributed by atoms with van der Waals surface area (Å²) in [6, 6.07) is 17.7. The minimum absolute atomic E-state index is 0.292. The topological polar surface area (TPSA) is 67.7 Å². The summed E-state index contributed by atoms with van der Waals surface area (Å²) in [6.45, 7) is 1.61. The predicted octanol–water partition coefficient (Wildman–Crippen LogP) is 6.13. The van der Waals surface area contributed by atoms with E-state index in [4.69, 9.17) is 23.2 Å². The van der Waals surface area contributed by atoms with E-state index in [2.05, 4.69) is 33.0 Å². The molecule has 2 aromatic carbocycles. The maximum atomic E-state index is 14.2. The Hall–Kier alpha value is -2.41. The van der Waals surface area contributed by atoms with E-state index in [1.165, 1.54) is 4.90 Å². The highest BCUT2D eigenvalue weighted by Gasteiger charge is 2.64. The summed E-state index contributed by atoms with van der Waals surface area (Å²) >= 11 is 17.5. The lowest BCUT2D eigenvalue weighted by molar-refractivity contribution is -0.124. The van der Waals surface area contributed by atoms with E-state index < -0.39 is 11.6 Å². The number of benzene rings is 2. The minimum atomic E-state index is -1.12. The van der Waals surface area contributed by atoms with E-state index in [9.17, 15) is 14.9 Å². The third-order valence-electron chi connectivity index (χ3n) is 6.69. The molecule has 2 aliphatic heterocycles. The molecular formula is C25H19BrCl2N4O2S. The van der Waals surface area contributed by atoms with E-state index in [0.717, 1.165) is 14.2 Å². The van der Waals surface area contributed by atoms with E-state index in [1.54, 1.807) is 53.6 Å². The first-order chi connectivity index (χ1) is 16.7. The molecule has 2 atom stereocenters. The van der Waals surface area contributed by atoms with Crippen molar-refractivity contribution in [2.75, 3.05) is 25.0 Å². The molecule has 2 fully saturated rings. The van der Waals surface area contributed by atoms with Crippen LogP contribution in [-0.4, -0.2) is 47.4 Å². The molecule has 10 heteroatoms. The molecule has 3 heterocycles. The number of imide groups is 1. The van der Waals surface area contributed by atoms with Gasteiger partial charge >= 0.3 is 6.03 Å². The van der Waals surface area contributed by atoms with Crippen LogP contribution in [-0.2, 0) is 11.3 Å². The summed E-state index contributed by atoms with van der Waals surface area (Å²) in [4.78, 5) is 33.8. The molecule has 1 spiro atoms. The fourth-order valence-corrected chi connectivity index (χ4v) is 7.11. The summed E-state index contributed by atoms with van der Waals surface area (Å²) < 4.78 is 1.04. The van der Waals surface area contributed by atoms with Crippen molar-refractivity contribution in [1.29, 1.82) is 5.26 Å². The van der Waals surface area contributed by atoms with Gasteiger partial charge in [0.15, 0.2) is 0 Å². The molecule has 2 aliphatic rings. The quantitative estimate of drug-likeness (QED) is 0.344. The number of rotatable bonds is 4. The Bertz CT molecular complexity index is 1350. The van der Waals surface area contributed by atoms with Crippen molar-refractivity contribution in [2.24, 2.45) is 0 Å². The highest BCUT2D eigenvalue weighted by molar-refractivity contribution is 9.11. The molecule has 0 N–H and O–H groups in total. The zero-order valence-electron chi connectivity index (χ0n) is 18.5. The zero-order chi connectivity index (χ0) is 24.9. The average molecular weight is 590 g/mol. The maximum Gasteiger partial charge on any atom is 0.332 e. The predicted molar refractivity (Wildman–Crippen MR) is 141 cm³/mol. The number of hydrogen-bond acceptors (Lipinski definition) is 5. The Balaban J connectivity index is 1.58. The number of likely N-dealkylation sites (tertiary alicyclic amines) is 1. The fourth-order valence-electron chi connectivity index (χ4n) is 5.07. The summed E-state index contributed by atoms with van der Waals surface area (Å²) in [5.41, 5.74) is 0.672. The van der Waals surface area contributed by atoms with E-state index in [1.807, 2.05) is 18.2 Å². The van der Waals surface area contributed by atoms with Crippen LogP contribution in [0.25, 0.3) is 0 Å². The van der Waals surface area contributed by atoms with Crippen molar-refractivity contribution in [3.8, 4) is 6.07 Å². The number of halogens is 3.